The Morgan fingerprint density at radius 3 is 2.19 bits per heavy atom. The molecule has 0 bridgehead atoms. The van der Waals surface area contributed by atoms with E-state index in [0.717, 1.165) is 17.7 Å². The lowest BCUT2D eigenvalue weighted by Gasteiger charge is -2.03. The van der Waals surface area contributed by atoms with E-state index in [1.54, 1.807) is 6.92 Å². The van der Waals surface area contributed by atoms with Crippen molar-refractivity contribution in [3.05, 3.63) is 47.5 Å². The molecular formula is C11H7F3N2. The summed E-state index contributed by atoms with van der Waals surface area (Å²) in [6, 6.07) is 1.95. The van der Waals surface area contributed by atoms with Crippen LogP contribution in [0.4, 0.5) is 13.2 Å². The van der Waals surface area contributed by atoms with Gasteiger partial charge in [0.25, 0.3) is 0 Å². The van der Waals surface area contributed by atoms with Gasteiger partial charge in [0.2, 0.25) is 0 Å². The molecule has 1 aromatic carbocycles. The normalized spacial score (nSPS) is 10.5. The van der Waals surface area contributed by atoms with Gasteiger partial charge < -0.3 is 0 Å². The summed E-state index contributed by atoms with van der Waals surface area (Å²) in [6.07, 6.45) is 2.95. The highest BCUT2D eigenvalue weighted by atomic mass is 19.2. The summed E-state index contributed by atoms with van der Waals surface area (Å²) >= 11 is 0. The maximum absolute atomic E-state index is 13.4. The number of hydrogen-bond acceptors (Lipinski definition) is 2. The number of rotatable bonds is 1. The first-order chi connectivity index (χ1) is 7.59. The van der Waals surface area contributed by atoms with Crippen LogP contribution in [0.1, 0.15) is 5.56 Å². The van der Waals surface area contributed by atoms with Gasteiger partial charge in [-0.25, -0.2) is 23.1 Å². The molecule has 1 aromatic heterocycles. The molecule has 0 amide bonds. The first-order valence-electron chi connectivity index (χ1n) is 4.52. The second-order valence-corrected chi connectivity index (χ2v) is 3.31. The Bertz CT molecular complexity index is 523. The second-order valence-electron chi connectivity index (χ2n) is 3.31. The van der Waals surface area contributed by atoms with Crippen LogP contribution in [0.25, 0.3) is 11.4 Å². The first kappa shape index (κ1) is 10.6. The van der Waals surface area contributed by atoms with Gasteiger partial charge in [0.05, 0.1) is 5.56 Å². The van der Waals surface area contributed by atoms with Crippen molar-refractivity contribution in [3.63, 3.8) is 0 Å². The molecule has 5 heteroatoms. The zero-order chi connectivity index (χ0) is 11.7. The number of nitrogens with zero attached hydrogens (tertiary/aromatic N) is 2. The molecule has 0 aliphatic rings. The zero-order valence-corrected chi connectivity index (χ0v) is 8.34. The monoisotopic (exact) mass is 224 g/mol. The molecule has 0 spiro atoms. The van der Waals surface area contributed by atoms with Crippen LogP contribution in [0.2, 0.25) is 0 Å². The van der Waals surface area contributed by atoms with Gasteiger partial charge in [0, 0.05) is 12.4 Å². The molecule has 0 radical (unpaired) electrons. The molecule has 0 aliphatic heterocycles. The van der Waals surface area contributed by atoms with Crippen LogP contribution in [0.15, 0.2) is 24.5 Å². The Morgan fingerprint density at radius 2 is 1.56 bits per heavy atom. The van der Waals surface area contributed by atoms with Crippen molar-refractivity contribution in [1.29, 1.82) is 0 Å². The highest BCUT2D eigenvalue weighted by Crippen LogP contribution is 2.22. The molecule has 0 saturated carbocycles. The van der Waals surface area contributed by atoms with Gasteiger partial charge in [-0.2, -0.15) is 0 Å². The number of halogens is 3. The molecule has 0 aliphatic carbocycles. The molecule has 0 atom stereocenters. The Morgan fingerprint density at radius 1 is 0.938 bits per heavy atom. The fourth-order valence-corrected chi connectivity index (χ4v) is 1.23. The van der Waals surface area contributed by atoms with Gasteiger partial charge in [-0.1, -0.05) is 0 Å². The van der Waals surface area contributed by atoms with Gasteiger partial charge in [-0.05, 0) is 24.6 Å². The third-order valence-electron chi connectivity index (χ3n) is 2.06. The highest BCUT2D eigenvalue weighted by molar-refractivity contribution is 5.55. The quantitative estimate of drug-likeness (QED) is 0.696. The van der Waals surface area contributed by atoms with E-state index in [-0.39, 0.29) is 11.4 Å². The maximum atomic E-state index is 13.4. The fourth-order valence-electron chi connectivity index (χ4n) is 1.23. The predicted octanol–water partition coefficient (Wildman–Crippen LogP) is 2.87. The maximum Gasteiger partial charge on any atom is 0.195 e. The number of hydrogen-bond donors (Lipinski definition) is 0. The van der Waals surface area contributed by atoms with Crippen molar-refractivity contribution < 1.29 is 13.2 Å². The third kappa shape index (κ3) is 1.76. The molecule has 0 N–H and O–H groups in total. The van der Waals surface area contributed by atoms with Crippen molar-refractivity contribution in [1.82, 2.24) is 9.97 Å². The Kier molecular flexibility index (Phi) is 2.60. The molecule has 82 valence electrons. The van der Waals surface area contributed by atoms with E-state index in [4.69, 9.17) is 0 Å². The van der Waals surface area contributed by atoms with E-state index in [2.05, 4.69) is 9.97 Å². The fraction of sp³-hybridized carbons (Fsp3) is 0.0909. The third-order valence-corrected chi connectivity index (χ3v) is 2.06. The SMILES string of the molecule is Cc1cnc(-c2ccc(F)c(F)c2F)nc1. The summed E-state index contributed by atoms with van der Waals surface area (Å²) < 4.78 is 39.0. The highest BCUT2D eigenvalue weighted by Gasteiger charge is 2.15. The molecule has 2 nitrogen and oxygen atoms in total. The van der Waals surface area contributed by atoms with Gasteiger partial charge in [0.1, 0.15) is 0 Å². The van der Waals surface area contributed by atoms with Crippen LogP contribution < -0.4 is 0 Å². The number of aromatic nitrogens is 2. The largest absolute Gasteiger partial charge is 0.236 e. The average molecular weight is 224 g/mol. The van der Waals surface area contributed by atoms with Crippen LogP contribution in [-0.2, 0) is 0 Å². The van der Waals surface area contributed by atoms with Gasteiger partial charge in [-0.3, -0.25) is 0 Å². The minimum atomic E-state index is -1.51. The van der Waals surface area contributed by atoms with Crippen molar-refractivity contribution in [2.45, 2.75) is 6.92 Å². The molecule has 2 aromatic rings. The van der Waals surface area contributed by atoms with Crippen LogP contribution >= 0.6 is 0 Å². The molecule has 16 heavy (non-hydrogen) atoms. The average Bonchev–Trinajstić information content (AvgIpc) is 2.28. The van der Waals surface area contributed by atoms with E-state index in [1.807, 2.05) is 0 Å². The molecule has 1 heterocycles. The lowest BCUT2D eigenvalue weighted by molar-refractivity contribution is 0.448. The van der Waals surface area contributed by atoms with Crippen molar-refractivity contribution in [3.8, 4) is 11.4 Å². The van der Waals surface area contributed by atoms with Crippen molar-refractivity contribution in [2.24, 2.45) is 0 Å². The first-order valence-corrected chi connectivity index (χ1v) is 4.52. The summed E-state index contributed by atoms with van der Waals surface area (Å²) in [5.41, 5.74) is 0.644. The topological polar surface area (TPSA) is 25.8 Å². The van der Waals surface area contributed by atoms with Crippen molar-refractivity contribution in [2.75, 3.05) is 0 Å². The summed E-state index contributed by atoms with van der Waals surface area (Å²) in [7, 11) is 0. The molecule has 0 saturated heterocycles. The second kappa shape index (κ2) is 3.92. The van der Waals surface area contributed by atoms with Crippen molar-refractivity contribution >= 4 is 0 Å². The molecule has 0 fully saturated rings. The Labute approximate surface area is 89.8 Å². The number of aryl methyl sites for hydroxylation is 1. The van der Waals surface area contributed by atoms with E-state index in [9.17, 15) is 13.2 Å². The lowest BCUT2D eigenvalue weighted by atomic mass is 10.2. The minimum Gasteiger partial charge on any atom is -0.236 e. The molecule has 2 rings (SSSR count). The van der Waals surface area contributed by atoms with E-state index < -0.39 is 17.5 Å². The summed E-state index contributed by atoms with van der Waals surface area (Å²) in [5, 5.41) is 0. The minimum absolute atomic E-state index is 0.0296. The van der Waals surface area contributed by atoms with E-state index in [1.165, 1.54) is 12.4 Å². The smallest absolute Gasteiger partial charge is 0.195 e. The molecular weight excluding hydrogens is 217 g/mol. The summed E-state index contributed by atoms with van der Waals surface area (Å²) in [6.45, 7) is 1.77. The van der Waals surface area contributed by atoms with Crippen LogP contribution in [0, 0.1) is 24.4 Å². The van der Waals surface area contributed by atoms with Gasteiger partial charge in [-0.15, -0.1) is 0 Å². The van der Waals surface area contributed by atoms with Gasteiger partial charge >= 0.3 is 0 Å². The van der Waals surface area contributed by atoms with E-state index in [0.29, 0.717) is 0 Å². The lowest BCUT2D eigenvalue weighted by Crippen LogP contribution is -1.97. The summed E-state index contributed by atoms with van der Waals surface area (Å²) in [4.78, 5) is 7.68. The van der Waals surface area contributed by atoms with Crippen LogP contribution in [-0.4, -0.2) is 9.97 Å². The van der Waals surface area contributed by atoms with Crippen LogP contribution in [0.3, 0.4) is 0 Å². The summed E-state index contributed by atoms with van der Waals surface area (Å²) in [5.74, 6) is -3.99. The van der Waals surface area contributed by atoms with Gasteiger partial charge in [0.15, 0.2) is 23.3 Å². The number of benzene rings is 1. The van der Waals surface area contributed by atoms with Crippen LogP contribution in [0.5, 0.6) is 0 Å². The predicted molar refractivity (Wildman–Crippen MR) is 52.1 cm³/mol. The van der Waals surface area contributed by atoms with E-state index >= 15 is 0 Å². The standard InChI is InChI=1S/C11H7F3N2/c1-6-4-15-11(16-5-6)7-2-3-8(12)10(14)9(7)13/h2-5H,1H3. The molecule has 0 unspecified atom stereocenters. The Hall–Kier alpha value is -1.91. The Balaban J connectivity index is 2.57. The zero-order valence-electron chi connectivity index (χ0n) is 8.34.